The number of nitrogens with zero attached hydrogens (tertiary/aromatic N) is 4. The van der Waals surface area contributed by atoms with Crippen molar-refractivity contribution in [1.82, 2.24) is 20.1 Å². The number of aromatic amines is 1. The molecule has 0 saturated heterocycles. The largest absolute Gasteiger partial charge is 0.439 e. The topological polar surface area (TPSA) is 108 Å². The molecule has 8 nitrogen and oxygen atoms in total. The number of hydrogen-bond donors (Lipinski definition) is 2. The quantitative estimate of drug-likeness (QED) is 0.372. The van der Waals surface area contributed by atoms with Crippen LogP contribution >= 0.6 is 27.3 Å². The number of benzene rings is 1. The van der Waals surface area contributed by atoms with E-state index < -0.39 is 17.4 Å². The van der Waals surface area contributed by atoms with Gasteiger partial charge in [0.15, 0.2) is 11.6 Å². The average Bonchev–Trinajstić information content (AvgIpc) is 3.32. The summed E-state index contributed by atoms with van der Waals surface area (Å²) < 4.78 is 32.9. The first kappa shape index (κ1) is 21.3. The summed E-state index contributed by atoms with van der Waals surface area (Å²) in [6.45, 7) is 1.77. The van der Waals surface area contributed by atoms with E-state index in [1.165, 1.54) is 29.8 Å². The Morgan fingerprint density at radius 2 is 1.97 bits per heavy atom. The van der Waals surface area contributed by atoms with Crippen molar-refractivity contribution in [2.45, 2.75) is 13.3 Å². The lowest BCUT2D eigenvalue weighted by molar-refractivity contribution is 0.251. The van der Waals surface area contributed by atoms with Crippen LogP contribution in [0.3, 0.4) is 0 Å². The van der Waals surface area contributed by atoms with Crippen LogP contribution in [-0.2, 0) is 6.42 Å². The molecule has 0 aliphatic heterocycles. The van der Waals surface area contributed by atoms with Gasteiger partial charge in [-0.3, -0.25) is 14.7 Å². The van der Waals surface area contributed by atoms with Crippen LogP contribution in [0.2, 0.25) is 0 Å². The second-order valence-electron chi connectivity index (χ2n) is 6.55. The van der Waals surface area contributed by atoms with E-state index in [2.05, 4.69) is 40.6 Å². The minimum atomic E-state index is -0.698. The third kappa shape index (κ3) is 4.55. The average molecular weight is 510 g/mol. The fourth-order valence-corrected chi connectivity index (χ4v) is 4.42. The molecule has 2 N–H and O–H groups in total. The van der Waals surface area contributed by atoms with Gasteiger partial charge in [-0.05, 0) is 37.1 Å². The Labute approximate surface area is 186 Å². The van der Waals surface area contributed by atoms with Gasteiger partial charge >= 0.3 is 5.76 Å². The Morgan fingerprint density at radius 3 is 2.65 bits per heavy atom. The van der Waals surface area contributed by atoms with Crippen molar-refractivity contribution < 1.29 is 18.5 Å². The van der Waals surface area contributed by atoms with Gasteiger partial charge in [-0.15, -0.1) is 11.3 Å². The SMILES string of the molecule is Cc1cc(-c2cc(N(O)CCc3c(F)cc(Br)cc3F)ncn2)sc1-c1noc(=O)[nH]1. The molecule has 3 heterocycles. The number of H-pyrrole nitrogens is 1. The summed E-state index contributed by atoms with van der Waals surface area (Å²) >= 11 is 4.36. The summed E-state index contributed by atoms with van der Waals surface area (Å²) in [6.07, 6.45) is 1.21. The number of rotatable bonds is 6. The number of halogens is 3. The van der Waals surface area contributed by atoms with E-state index in [4.69, 9.17) is 0 Å². The highest BCUT2D eigenvalue weighted by atomic mass is 79.9. The third-order valence-corrected chi connectivity index (χ3v) is 6.15. The van der Waals surface area contributed by atoms with E-state index in [9.17, 15) is 18.8 Å². The highest BCUT2D eigenvalue weighted by molar-refractivity contribution is 9.10. The van der Waals surface area contributed by atoms with Gasteiger partial charge in [0.25, 0.3) is 0 Å². The molecular formula is C19H14BrF2N5O3S. The molecule has 0 aliphatic rings. The van der Waals surface area contributed by atoms with E-state index in [1.807, 2.05) is 13.0 Å². The summed E-state index contributed by atoms with van der Waals surface area (Å²) in [5.41, 5.74) is 1.25. The third-order valence-electron chi connectivity index (χ3n) is 4.42. The van der Waals surface area contributed by atoms with Gasteiger partial charge in [0.2, 0.25) is 0 Å². The molecule has 0 radical (unpaired) electrons. The summed E-state index contributed by atoms with van der Waals surface area (Å²) in [5, 5.41) is 14.9. The summed E-state index contributed by atoms with van der Waals surface area (Å²) in [4.78, 5) is 23.4. The molecule has 0 amide bonds. The lowest BCUT2D eigenvalue weighted by atomic mass is 10.1. The van der Waals surface area contributed by atoms with Crippen molar-refractivity contribution in [2.24, 2.45) is 0 Å². The predicted octanol–water partition coefficient (Wildman–Crippen LogP) is 4.34. The second kappa shape index (κ2) is 8.65. The van der Waals surface area contributed by atoms with E-state index in [1.54, 1.807) is 6.07 Å². The van der Waals surface area contributed by atoms with Crippen LogP contribution in [0.15, 0.2) is 44.4 Å². The molecule has 4 rings (SSSR count). The number of anilines is 1. The maximum absolute atomic E-state index is 14.0. The van der Waals surface area contributed by atoms with Crippen molar-refractivity contribution in [1.29, 1.82) is 0 Å². The molecule has 31 heavy (non-hydrogen) atoms. The summed E-state index contributed by atoms with van der Waals surface area (Å²) in [7, 11) is 0. The van der Waals surface area contributed by atoms with Crippen LogP contribution in [0.1, 0.15) is 11.1 Å². The molecule has 4 aromatic rings. The molecule has 0 fully saturated rings. The molecule has 0 spiro atoms. The Kier molecular flexibility index (Phi) is 5.94. The minimum absolute atomic E-state index is 0.0669. The highest BCUT2D eigenvalue weighted by Crippen LogP contribution is 2.35. The Morgan fingerprint density at radius 1 is 1.23 bits per heavy atom. The Bertz CT molecular complexity index is 1280. The monoisotopic (exact) mass is 509 g/mol. The van der Waals surface area contributed by atoms with Crippen LogP contribution in [0.4, 0.5) is 14.6 Å². The van der Waals surface area contributed by atoms with Gasteiger partial charge in [-0.25, -0.2) is 28.6 Å². The lowest BCUT2D eigenvalue weighted by Gasteiger charge is -2.16. The van der Waals surface area contributed by atoms with Gasteiger partial charge in [0, 0.05) is 16.1 Å². The fourth-order valence-electron chi connectivity index (χ4n) is 2.94. The number of thiophene rings is 1. The normalized spacial score (nSPS) is 11.1. The van der Waals surface area contributed by atoms with Crippen LogP contribution in [0.5, 0.6) is 0 Å². The van der Waals surface area contributed by atoms with Crippen LogP contribution < -0.4 is 10.8 Å². The van der Waals surface area contributed by atoms with Crippen molar-refractivity contribution in [3.63, 3.8) is 0 Å². The molecule has 160 valence electrons. The Hall–Kier alpha value is -2.96. The van der Waals surface area contributed by atoms with Gasteiger partial charge in [-0.2, -0.15) is 0 Å². The van der Waals surface area contributed by atoms with E-state index in [0.29, 0.717) is 20.9 Å². The van der Waals surface area contributed by atoms with E-state index >= 15 is 0 Å². The maximum atomic E-state index is 14.0. The van der Waals surface area contributed by atoms with Crippen LogP contribution in [-0.4, -0.2) is 31.9 Å². The lowest BCUT2D eigenvalue weighted by Crippen LogP contribution is -2.23. The standard InChI is InChI=1S/C19H14BrF2N5O3S/c1-9-4-15(31-17(9)18-25-19(28)30-26-18)14-7-16(24-8-23-14)27(29)3-2-11-12(21)5-10(20)6-13(11)22/h4-8,29H,2-3H2,1H3,(H,25,26,28). The van der Waals surface area contributed by atoms with Crippen molar-refractivity contribution in [3.8, 4) is 21.3 Å². The van der Waals surface area contributed by atoms with Crippen molar-refractivity contribution in [2.75, 3.05) is 11.6 Å². The molecule has 0 bridgehead atoms. The molecule has 0 atom stereocenters. The zero-order valence-corrected chi connectivity index (χ0v) is 18.3. The van der Waals surface area contributed by atoms with Gasteiger partial charge < -0.3 is 0 Å². The van der Waals surface area contributed by atoms with E-state index in [0.717, 1.165) is 15.5 Å². The molecule has 0 saturated carbocycles. The molecule has 3 aromatic heterocycles. The highest BCUT2D eigenvalue weighted by Gasteiger charge is 2.17. The molecule has 12 heteroatoms. The smallest absolute Gasteiger partial charge is 0.296 e. The zero-order valence-electron chi connectivity index (χ0n) is 15.9. The number of nitrogens with one attached hydrogen (secondary N) is 1. The molecule has 1 aromatic carbocycles. The van der Waals surface area contributed by atoms with Crippen molar-refractivity contribution >= 4 is 33.1 Å². The first-order valence-electron chi connectivity index (χ1n) is 8.91. The Balaban J connectivity index is 1.54. The summed E-state index contributed by atoms with van der Waals surface area (Å²) in [6, 6.07) is 5.74. The van der Waals surface area contributed by atoms with E-state index in [-0.39, 0.29) is 24.3 Å². The number of aromatic nitrogens is 4. The van der Waals surface area contributed by atoms with Gasteiger partial charge in [0.05, 0.1) is 22.0 Å². The first-order valence-corrected chi connectivity index (χ1v) is 10.5. The maximum Gasteiger partial charge on any atom is 0.439 e. The van der Waals surface area contributed by atoms with Gasteiger partial charge in [0.1, 0.15) is 18.0 Å². The summed E-state index contributed by atoms with van der Waals surface area (Å²) in [5.74, 6) is -1.56. The second-order valence-corrected chi connectivity index (χ2v) is 8.52. The van der Waals surface area contributed by atoms with Crippen molar-refractivity contribution in [3.05, 3.63) is 68.4 Å². The minimum Gasteiger partial charge on any atom is -0.296 e. The predicted molar refractivity (Wildman–Crippen MR) is 113 cm³/mol. The fraction of sp³-hybridized carbons (Fsp3) is 0.158. The zero-order chi connectivity index (χ0) is 22.1. The number of hydroxylamine groups is 1. The molecular weight excluding hydrogens is 496 g/mol. The number of hydrogen-bond acceptors (Lipinski definition) is 8. The van der Waals surface area contributed by atoms with Crippen LogP contribution in [0.25, 0.3) is 21.3 Å². The molecule has 0 aliphatic carbocycles. The number of aryl methyl sites for hydroxylation is 1. The molecule has 0 unspecified atom stereocenters. The van der Waals surface area contributed by atoms with Crippen LogP contribution in [0, 0.1) is 18.6 Å². The van der Waals surface area contributed by atoms with Gasteiger partial charge in [-0.1, -0.05) is 21.1 Å². The first-order chi connectivity index (χ1) is 14.8.